The molecule has 0 aromatic heterocycles. The van der Waals surface area contributed by atoms with E-state index >= 15 is 0 Å². The summed E-state index contributed by atoms with van der Waals surface area (Å²) >= 11 is 0. The molecule has 2 saturated heterocycles. The summed E-state index contributed by atoms with van der Waals surface area (Å²) in [4.78, 5) is 22.8. The number of sulfonamides is 1. The molecule has 19 heavy (non-hydrogen) atoms. The maximum absolute atomic E-state index is 11.8. The van der Waals surface area contributed by atoms with Crippen LogP contribution in [-0.2, 0) is 19.6 Å². The van der Waals surface area contributed by atoms with E-state index in [-0.39, 0.29) is 17.9 Å². The standard InChI is InChI=1S/C11H19N3O4S/c1-19(17,18)14-6-2-3-8(14)7-12-11(16)9-4-5-10(15)13-9/h8-9H,2-7H2,1H3,(H,12,16)(H,13,15). The zero-order chi connectivity index (χ0) is 14.0. The molecule has 2 fully saturated rings. The average Bonchev–Trinajstić information content (AvgIpc) is 2.93. The van der Waals surface area contributed by atoms with Crippen LogP contribution in [0, 0.1) is 0 Å². The number of hydrogen-bond acceptors (Lipinski definition) is 4. The molecule has 7 nitrogen and oxygen atoms in total. The smallest absolute Gasteiger partial charge is 0.242 e. The third kappa shape index (κ3) is 3.44. The van der Waals surface area contributed by atoms with Crippen LogP contribution in [-0.4, -0.2) is 56.0 Å². The SMILES string of the molecule is CS(=O)(=O)N1CCCC1CNC(=O)C1CCC(=O)N1. The summed E-state index contributed by atoms with van der Waals surface area (Å²) in [5, 5.41) is 5.32. The van der Waals surface area contributed by atoms with Gasteiger partial charge in [-0.25, -0.2) is 8.42 Å². The molecule has 0 aromatic carbocycles. The Bertz CT molecular complexity index is 476. The predicted molar refractivity (Wildman–Crippen MR) is 68.7 cm³/mol. The van der Waals surface area contributed by atoms with Gasteiger partial charge in [0.1, 0.15) is 6.04 Å². The Morgan fingerprint density at radius 2 is 2.21 bits per heavy atom. The van der Waals surface area contributed by atoms with Crippen LogP contribution in [0.4, 0.5) is 0 Å². The summed E-state index contributed by atoms with van der Waals surface area (Å²) in [6.07, 6.45) is 3.63. The number of nitrogens with one attached hydrogen (secondary N) is 2. The van der Waals surface area contributed by atoms with E-state index in [1.807, 2.05) is 0 Å². The van der Waals surface area contributed by atoms with E-state index in [1.54, 1.807) is 0 Å². The molecule has 0 saturated carbocycles. The monoisotopic (exact) mass is 289 g/mol. The van der Waals surface area contributed by atoms with Gasteiger partial charge in [0.25, 0.3) is 0 Å². The lowest BCUT2D eigenvalue weighted by Crippen LogP contribution is -2.47. The first-order valence-corrected chi connectivity index (χ1v) is 8.26. The summed E-state index contributed by atoms with van der Waals surface area (Å²) in [6, 6.07) is -0.642. The highest BCUT2D eigenvalue weighted by atomic mass is 32.2. The summed E-state index contributed by atoms with van der Waals surface area (Å²) in [6.45, 7) is 0.817. The van der Waals surface area contributed by atoms with Crippen molar-refractivity contribution in [1.29, 1.82) is 0 Å². The van der Waals surface area contributed by atoms with E-state index in [2.05, 4.69) is 10.6 Å². The van der Waals surface area contributed by atoms with E-state index in [9.17, 15) is 18.0 Å². The predicted octanol–water partition coefficient (Wildman–Crippen LogP) is -1.19. The summed E-state index contributed by atoms with van der Waals surface area (Å²) < 4.78 is 24.5. The van der Waals surface area contributed by atoms with Crippen molar-refractivity contribution in [3.8, 4) is 0 Å². The number of amides is 2. The van der Waals surface area contributed by atoms with Crippen LogP contribution in [0.15, 0.2) is 0 Å². The molecule has 2 rings (SSSR count). The van der Waals surface area contributed by atoms with Crippen LogP contribution < -0.4 is 10.6 Å². The van der Waals surface area contributed by atoms with Crippen molar-refractivity contribution < 1.29 is 18.0 Å². The van der Waals surface area contributed by atoms with Crippen molar-refractivity contribution in [3.05, 3.63) is 0 Å². The van der Waals surface area contributed by atoms with Gasteiger partial charge < -0.3 is 10.6 Å². The molecule has 2 amide bonds. The largest absolute Gasteiger partial charge is 0.353 e. The zero-order valence-corrected chi connectivity index (χ0v) is 11.7. The quantitative estimate of drug-likeness (QED) is 0.680. The Balaban J connectivity index is 1.85. The third-order valence-corrected chi connectivity index (χ3v) is 4.91. The molecule has 2 aliphatic rings. The molecule has 2 unspecified atom stereocenters. The lowest BCUT2D eigenvalue weighted by molar-refractivity contribution is -0.125. The number of carbonyl (C=O) groups excluding carboxylic acids is 2. The first kappa shape index (κ1) is 14.3. The van der Waals surface area contributed by atoms with E-state index in [4.69, 9.17) is 0 Å². The lowest BCUT2D eigenvalue weighted by Gasteiger charge is -2.23. The molecule has 0 spiro atoms. The minimum atomic E-state index is -3.22. The Morgan fingerprint density at radius 3 is 2.79 bits per heavy atom. The van der Waals surface area contributed by atoms with Gasteiger partial charge in [0.2, 0.25) is 21.8 Å². The van der Waals surface area contributed by atoms with Gasteiger partial charge >= 0.3 is 0 Å². The fourth-order valence-electron chi connectivity index (χ4n) is 2.60. The van der Waals surface area contributed by atoms with Crippen LogP contribution in [0.1, 0.15) is 25.7 Å². The highest BCUT2D eigenvalue weighted by Crippen LogP contribution is 2.19. The van der Waals surface area contributed by atoms with Crippen molar-refractivity contribution in [2.75, 3.05) is 19.3 Å². The van der Waals surface area contributed by atoms with Crippen molar-refractivity contribution in [2.45, 2.75) is 37.8 Å². The molecule has 2 heterocycles. The van der Waals surface area contributed by atoms with Gasteiger partial charge in [0.05, 0.1) is 6.26 Å². The van der Waals surface area contributed by atoms with Gasteiger partial charge in [-0.15, -0.1) is 0 Å². The van der Waals surface area contributed by atoms with Gasteiger partial charge in [-0.05, 0) is 19.3 Å². The van der Waals surface area contributed by atoms with E-state index in [1.165, 1.54) is 10.6 Å². The van der Waals surface area contributed by atoms with Gasteiger partial charge in [0.15, 0.2) is 0 Å². The molecule has 108 valence electrons. The molecule has 2 aliphatic heterocycles. The molecular weight excluding hydrogens is 270 g/mol. The number of carbonyl (C=O) groups is 2. The van der Waals surface area contributed by atoms with Crippen LogP contribution in [0.25, 0.3) is 0 Å². The fraction of sp³-hybridized carbons (Fsp3) is 0.818. The van der Waals surface area contributed by atoms with Gasteiger partial charge in [-0.3, -0.25) is 9.59 Å². The molecule has 8 heteroatoms. The number of nitrogens with zero attached hydrogens (tertiary/aromatic N) is 1. The Morgan fingerprint density at radius 1 is 1.47 bits per heavy atom. The zero-order valence-electron chi connectivity index (χ0n) is 10.9. The average molecular weight is 289 g/mol. The van der Waals surface area contributed by atoms with Crippen LogP contribution >= 0.6 is 0 Å². The molecular formula is C11H19N3O4S. The number of hydrogen-bond donors (Lipinski definition) is 2. The van der Waals surface area contributed by atoms with Crippen molar-refractivity contribution in [1.82, 2.24) is 14.9 Å². The van der Waals surface area contributed by atoms with Gasteiger partial charge in [-0.2, -0.15) is 4.31 Å². The maximum Gasteiger partial charge on any atom is 0.242 e. The fourth-order valence-corrected chi connectivity index (χ4v) is 3.78. The Kier molecular flexibility index (Phi) is 4.10. The van der Waals surface area contributed by atoms with E-state index in [0.29, 0.717) is 25.9 Å². The lowest BCUT2D eigenvalue weighted by atomic mass is 10.2. The summed E-state index contributed by atoms with van der Waals surface area (Å²) in [5.74, 6) is -0.343. The maximum atomic E-state index is 11.8. The summed E-state index contributed by atoms with van der Waals surface area (Å²) in [7, 11) is -3.22. The van der Waals surface area contributed by atoms with Crippen LogP contribution in [0.2, 0.25) is 0 Å². The second-order valence-corrected chi connectivity index (χ2v) is 7.01. The van der Waals surface area contributed by atoms with Crippen molar-refractivity contribution in [2.24, 2.45) is 0 Å². The molecule has 0 aromatic rings. The molecule has 0 bridgehead atoms. The highest BCUT2D eigenvalue weighted by Gasteiger charge is 2.33. The molecule has 2 N–H and O–H groups in total. The highest BCUT2D eigenvalue weighted by molar-refractivity contribution is 7.88. The minimum Gasteiger partial charge on any atom is -0.353 e. The van der Waals surface area contributed by atoms with Gasteiger partial charge in [0, 0.05) is 25.6 Å². The normalized spacial score (nSPS) is 28.4. The van der Waals surface area contributed by atoms with Crippen molar-refractivity contribution >= 4 is 21.8 Å². The Hall–Kier alpha value is -1.15. The van der Waals surface area contributed by atoms with Crippen LogP contribution in [0.5, 0.6) is 0 Å². The van der Waals surface area contributed by atoms with Crippen molar-refractivity contribution in [3.63, 3.8) is 0 Å². The number of rotatable bonds is 4. The minimum absolute atomic E-state index is 0.112. The summed E-state index contributed by atoms with van der Waals surface area (Å²) in [5.41, 5.74) is 0. The third-order valence-electron chi connectivity index (χ3n) is 3.57. The molecule has 2 atom stereocenters. The van der Waals surface area contributed by atoms with Gasteiger partial charge in [-0.1, -0.05) is 0 Å². The first-order chi connectivity index (χ1) is 8.88. The van der Waals surface area contributed by atoms with Crippen LogP contribution in [0.3, 0.4) is 0 Å². The second-order valence-electron chi connectivity index (χ2n) is 5.07. The molecule has 0 aliphatic carbocycles. The molecule has 0 radical (unpaired) electrons. The Labute approximate surface area is 112 Å². The topological polar surface area (TPSA) is 95.6 Å². The first-order valence-electron chi connectivity index (χ1n) is 6.42. The van der Waals surface area contributed by atoms with E-state index in [0.717, 1.165) is 12.8 Å². The van der Waals surface area contributed by atoms with E-state index < -0.39 is 16.1 Å². The second kappa shape index (κ2) is 5.46.